The summed E-state index contributed by atoms with van der Waals surface area (Å²) in [4.78, 5) is 20.1. The molecule has 1 aromatic heterocycles. The number of nitrogens with zero attached hydrogens (tertiary/aromatic N) is 4. The van der Waals surface area contributed by atoms with Gasteiger partial charge in [-0.1, -0.05) is 48.5 Å². The van der Waals surface area contributed by atoms with Gasteiger partial charge in [0, 0.05) is 5.56 Å². The van der Waals surface area contributed by atoms with Crippen LogP contribution in [0.3, 0.4) is 0 Å². The van der Waals surface area contributed by atoms with Gasteiger partial charge in [-0.25, -0.2) is 4.68 Å². The van der Waals surface area contributed by atoms with Crippen molar-refractivity contribution in [2.75, 3.05) is 19.1 Å². The average molecular weight is 441 g/mol. The number of fused-ring (bicyclic) bond motifs is 1. The smallest absolute Gasteiger partial charge is 0.261 e. The molecule has 0 fully saturated rings. The Kier molecular flexibility index (Phi) is 5.52. The number of carbonyl (C=O) groups excluding carboxylic acids is 1. The monoisotopic (exact) mass is 440 g/mol. The van der Waals surface area contributed by atoms with Crippen molar-refractivity contribution in [2.45, 2.75) is 18.5 Å². The summed E-state index contributed by atoms with van der Waals surface area (Å²) in [7, 11) is 3.23. The van der Waals surface area contributed by atoms with Gasteiger partial charge >= 0.3 is 0 Å². The molecule has 2 heterocycles. The van der Waals surface area contributed by atoms with Crippen molar-refractivity contribution >= 4 is 11.9 Å². The molecule has 0 spiro atoms. The van der Waals surface area contributed by atoms with Crippen LogP contribution in [0.2, 0.25) is 0 Å². The van der Waals surface area contributed by atoms with E-state index in [-0.39, 0.29) is 18.0 Å². The molecule has 0 unspecified atom stereocenters. The van der Waals surface area contributed by atoms with Gasteiger partial charge in [-0.15, -0.1) is 0 Å². The molecular weight excluding hydrogens is 416 g/mol. The number of ether oxygens (including phenoxy) is 2. The quantitative estimate of drug-likeness (QED) is 0.451. The van der Waals surface area contributed by atoms with Gasteiger partial charge < -0.3 is 9.47 Å². The van der Waals surface area contributed by atoms with Gasteiger partial charge in [0.05, 0.1) is 26.3 Å². The third-order valence-electron chi connectivity index (χ3n) is 6.04. The minimum absolute atomic E-state index is 0.0508. The first-order chi connectivity index (χ1) is 16.2. The number of amides is 1. The first-order valence-corrected chi connectivity index (χ1v) is 10.8. The van der Waals surface area contributed by atoms with Gasteiger partial charge in [-0.05, 0) is 47.9 Å². The molecule has 0 aliphatic carbocycles. The van der Waals surface area contributed by atoms with Gasteiger partial charge in [0.1, 0.15) is 17.8 Å². The van der Waals surface area contributed by atoms with Crippen LogP contribution >= 0.6 is 0 Å². The van der Waals surface area contributed by atoms with E-state index in [2.05, 4.69) is 22.2 Å². The summed E-state index contributed by atoms with van der Waals surface area (Å²) in [6.45, 7) is 0. The molecule has 3 aromatic carbocycles. The molecule has 1 amide bonds. The predicted molar refractivity (Wildman–Crippen MR) is 125 cm³/mol. The molecule has 0 N–H and O–H groups in total. The maximum atomic E-state index is 13.8. The van der Waals surface area contributed by atoms with Crippen molar-refractivity contribution in [1.82, 2.24) is 14.8 Å². The molecule has 7 heteroatoms. The Hall–Kier alpha value is -4.13. The van der Waals surface area contributed by atoms with E-state index in [0.717, 1.165) is 16.9 Å². The second-order valence-electron chi connectivity index (χ2n) is 7.86. The lowest BCUT2D eigenvalue weighted by Crippen LogP contribution is -2.42. The highest BCUT2D eigenvalue weighted by molar-refractivity contribution is 6.06. The third-order valence-corrected chi connectivity index (χ3v) is 6.04. The Balaban J connectivity index is 1.63. The van der Waals surface area contributed by atoms with Crippen LogP contribution in [0.1, 0.15) is 40.0 Å². The van der Waals surface area contributed by atoms with E-state index < -0.39 is 0 Å². The predicted octanol–water partition coefficient (Wildman–Crippen LogP) is 4.68. The molecule has 2 atom stereocenters. The third kappa shape index (κ3) is 3.82. The molecule has 5 rings (SSSR count). The van der Waals surface area contributed by atoms with Crippen molar-refractivity contribution in [3.05, 3.63) is 102 Å². The SMILES string of the molecule is COc1ccc([C@H]2C[C@@H](c3ccccc3)n3ncnc3N2C(=O)c2cccc(OC)c2)cc1. The lowest BCUT2D eigenvalue weighted by Gasteiger charge is -2.39. The van der Waals surface area contributed by atoms with Crippen molar-refractivity contribution in [1.29, 1.82) is 0 Å². The van der Waals surface area contributed by atoms with Crippen molar-refractivity contribution in [3.63, 3.8) is 0 Å². The van der Waals surface area contributed by atoms with E-state index in [1.165, 1.54) is 6.33 Å². The van der Waals surface area contributed by atoms with E-state index in [9.17, 15) is 4.79 Å². The highest BCUT2D eigenvalue weighted by Crippen LogP contribution is 2.42. The Morgan fingerprint density at radius 3 is 2.30 bits per heavy atom. The zero-order valence-electron chi connectivity index (χ0n) is 18.5. The minimum atomic E-state index is -0.239. The fraction of sp³-hybridized carbons (Fsp3) is 0.192. The van der Waals surface area contributed by atoms with Crippen LogP contribution in [-0.4, -0.2) is 34.9 Å². The lowest BCUT2D eigenvalue weighted by atomic mass is 9.91. The molecule has 7 nitrogen and oxygen atoms in total. The summed E-state index contributed by atoms with van der Waals surface area (Å²) in [5, 5.41) is 4.50. The Morgan fingerprint density at radius 2 is 1.58 bits per heavy atom. The highest BCUT2D eigenvalue weighted by atomic mass is 16.5. The van der Waals surface area contributed by atoms with E-state index >= 15 is 0 Å². The molecular formula is C26H24N4O3. The molecule has 0 saturated carbocycles. The molecule has 4 aromatic rings. The number of hydrogen-bond acceptors (Lipinski definition) is 5. The zero-order valence-corrected chi connectivity index (χ0v) is 18.5. The molecule has 1 aliphatic rings. The van der Waals surface area contributed by atoms with Gasteiger partial charge in [-0.2, -0.15) is 10.1 Å². The number of methoxy groups -OCH3 is 2. The number of aromatic nitrogens is 3. The van der Waals surface area contributed by atoms with Crippen molar-refractivity contribution in [3.8, 4) is 11.5 Å². The largest absolute Gasteiger partial charge is 0.497 e. The van der Waals surface area contributed by atoms with Crippen LogP contribution in [0.4, 0.5) is 5.95 Å². The summed E-state index contributed by atoms with van der Waals surface area (Å²) < 4.78 is 12.5. The van der Waals surface area contributed by atoms with Crippen molar-refractivity contribution in [2.24, 2.45) is 0 Å². The minimum Gasteiger partial charge on any atom is -0.497 e. The van der Waals surface area contributed by atoms with Gasteiger partial charge in [-0.3, -0.25) is 9.69 Å². The second kappa shape index (κ2) is 8.78. The molecule has 0 saturated heterocycles. The van der Waals surface area contributed by atoms with Crippen LogP contribution in [0.5, 0.6) is 11.5 Å². The fourth-order valence-electron chi connectivity index (χ4n) is 4.38. The van der Waals surface area contributed by atoms with Crippen LogP contribution in [0.15, 0.2) is 85.2 Å². The zero-order chi connectivity index (χ0) is 22.8. The molecule has 0 bridgehead atoms. The first-order valence-electron chi connectivity index (χ1n) is 10.8. The Bertz CT molecular complexity index is 1250. The second-order valence-corrected chi connectivity index (χ2v) is 7.86. The number of hydrogen-bond donors (Lipinski definition) is 0. The lowest BCUT2D eigenvalue weighted by molar-refractivity contribution is 0.0963. The average Bonchev–Trinajstić information content (AvgIpc) is 3.38. The van der Waals surface area contributed by atoms with Gasteiger partial charge in [0.15, 0.2) is 0 Å². The van der Waals surface area contributed by atoms with Crippen molar-refractivity contribution < 1.29 is 14.3 Å². The summed E-state index contributed by atoms with van der Waals surface area (Å²) in [6, 6.07) is 24.9. The van der Waals surface area contributed by atoms with Crippen LogP contribution < -0.4 is 14.4 Å². The van der Waals surface area contributed by atoms with E-state index in [0.29, 0.717) is 23.7 Å². The molecule has 0 radical (unpaired) electrons. The Labute approximate surface area is 192 Å². The standard InChI is InChI=1S/C26H24N4O3/c1-32-21-13-11-19(12-14-21)23-16-24(18-7-4-3-5-8-18)30-26(27-17-28-30)29(23)25(31)20-9-6-10-22(15-20)33-2/h3-15,17,23-24H,16H2,1-2H3/t23-,24+/m1/s1. The summed E-state index contributed by atoms with van der Waals surface area (Å²) in [6.07, 6.45) is 2.16. The van der Waals surface area contributed by atoms with Gasteiger partial charge in [0.25, 0.3) is 5.91 Å². The van der Waals surface area contributed by atoms with E-state index in [1.54, 1.807) is 31.3 Å². The number of carbonyl (C=O) groups is 1. The Morgan fingerprint density at radius 1 is 0.848 bits per heavy atom. The maximum Gasteiger partial charge on any atom is 0.261 e. The summed E-state index contributed by atoms with van der Waals surface area (Å²) in [5.41, 5.74) is 2.65. The van der Waals surface area contributed by atoms with Gasteiger partial charge in [0.2, 0.25) is 5.95 Å². The molecule has 1 aliphatic heterocycles. The maximum absolute atomic E-state index is 13.8. The number of benzene rings is 3. The molecule has 166 valence electrons. The normalized spacial score (nSPS) is 17.3. The number of anilines is 1. The van der Waals surface area contributed by atoms with E-state index in [4.69, 9.17) is 9.47 Å². The summed E-state index contributed by atoms with van der Waals surface area (Å²) >= 11 is 0. The van der Waals surface area contributed by atoms with E-state index in [1.807, 2.05) is 59.3 Å². The topological polar surface area (TPSA) is 69.5 Å². The summed E-state index contributed by atoms with van der Waals surface area (Å²) in [5.74, 6) is 1.75. The number of rotatable bonds is 5. The van der Waals surface area contributed by atoms with Crippen LogP contribution in [-0.2, 0) is 0 Å². The van der Waals surface area contributed by atoms with Crippen LogP contribution in [0.25, 0.3) is 0 Å². The molecule has 33 heavy (non-hydrogen) atoms. The van der Waals surface area contributed by atoms with Crippen LogP contribution in [0, 0.1) is 0 Å². The highest BCUT2D eigenvalue weighted by Gasteiger charge is 2.39. The first kappa shape index (κ1) is 20.8. The fourth-order valence-corrected chi connectivity index (χ4v) is 4.38.